The SMILES string of the molecule is CCOC(=O)C1=C(C)NC(SC)=N[C@H]1c1cccc([N+](=O)[O-])c1. The molecule has 1 aliphatic heterocycles. The summed E-state index contributed by atoms with van der Waals surface area (Å²) in [6, 6.07) is 5.52. The van der Waals surface area contributed by atoms with Gasteiger partial charge in [0.05, 0.1) is 17.1 Å². The van der Waals surface area contributed by atoms with Crippen LogP contribution in [0.3, 0.4) is 0 Å². The van der Waals surface area contributed by atoms with Crippen LogP contribution in [-0.4, -0.2) is 28.9 Å². The maximum atomic E-state index is 12.3. The molecule has 0 saturated carbocycles. The molecule has 0 radical (unpaired) electrons. The Kier molecular flexibility index (Phi) is 5.38. The van der Waals surface area contributed by atoms with E-state index in [1.54, 1.807) is 26.0 Å². The molecule has 1 atom stereocenters. The third kappa shape index (κ3) is 3.70. The number of non-ortho nitro benzene ring substituents is 1. The number of carbonyl (C=O) groups excluding carboxylic acids is 1. The molecule has 0 aromatic heterocycles. The number of allylic oxidation sites excluding steroid dienone is 1. The molecular weight excluding hydrogens is 318 g/mol. The van der Waals surface area contributed by atoms with E-state index >= 15 is 0 Å². The maximum absolute atomic E-state index is 12.3. The summed E-state index contributed by atoms with van der Waals surface area (Å²) in [6.45, 7) is 3.74. The largest absolute Gasteiger partial charge is 0.463 e. The van der Waals surface area contributed by atoms with Crippen molar-refractivity contribution in [2.75, 3.05) is 12.9 Å². The summed E-state index contributed by atoms with van der Waals surface area (Å²) >= 11 is 1.40. The molecule has 1 aromatic rings. The van der Waals surface area contributed by atoms with Crippen LogP contribution in [0.4, 0.5) is 5.69 Å². The van der Waals surface area contributed by atoms with Crippen LogP contribution in [0.15, 0.2) is 40.5 Å². The van der Waals surface area contributed by atoms with E-state index in [1.807, 2.05) is 6.26 Å². The Morgan fingerprint density at radius 3 is 2.87 bits per heavy atom. The lowest BCUT2D eigenvalue weighted by atomic mass is 9.96. The van der Waals surface area contributed by atoms with E-state index in [-0.39, 0.29) is 12.3 Å². The number of esters is 1. The molecule has 1 aromatic carbocycles. The molecule has 0 saturated heterocycles. The summed E-state index contributed by atoms with van der Waals surface area (Å²) in [5.74, 6) is -0.474. The lowest BCUT2D eigenvalue weighted by molar-refractivity contribution is -0.384. The zero-order chi connectivity index (χ0) is 17.0. The molecule has 0 bridgehead atoms. The number of carbonyl (C=O) groups is 1. The van der Waals surface area contributed by atoms with Crippen molar-refractivity contribution in [3.8, 4) is 0 Å². The molecule has 8 heteroatoms. The highest BCUT2D eigenvalue weighted by Gasteiger charge is 2.30. The normalized spacial score (nSPS) is 17.3. The predicted molar refractivity (Wildman–Crippen MR) is 89.3 cm³/mol. The van der Waals surface area contributed by atoms with Gasteiger partial charge in [0.25, 0.3) is 5.69 Å². The number of nitrogens with zero attached hydrogens (tertiary/aromatic N) is 2. The number of hydrogen-bond acceptors (Lipinski definition) is 7. The fraction of sp³-hybridized carbons (Fsp3) is 0.333. The number of nitro benzene ring substituents is 1. The monoisotopic (exact) mass is 335 g/mol. The second-order valence-electron chi connectivity index (χ2n) is 4.78. The van der Waals surface area contributed by atoms with E-state index in [0.717, 1.165) is 0 Å². The van der Waals surface area contributed by atoms with Crippen molar-refractivity contribution < 1.29 is 14.5 Å². The van der Waals surface area contributed by atoms with E-state index in [1.165, 1.54) is 23.9 Å². The quantitative estimate of drug-likeness (QED) is 0.516. The van der Waals surface area contributed by atoms with Crippen molar-refractivity contribution in [3.05, 3.63) is 51.2 Å². The molecule has 1 heterocycles. The molecule has 7 nitrogen and oxygen atoms in total. The van der Waals surface area contributed by atoms with Gasteiger partial charge in [0.15, 0.2) is 5.17 Å². The van der Waals surface area contributed by atoms with Crippen LogP contribution >= 0.6 is 11.8 Å². The lowest BCUT2D eigenvalue weighted by Gasteiger charge is -2.25. The highest BCUT2D eigenvalue weighted by molar-refractivity contribution is 8.13. The first kappa shape index (κ1) is 17.0. The van der Waals surface area contributed by atoms with Crippen LogP contribution in [0.2, 0.25) is 0 Å². The molecule has 1 aliphatic rings. The second kappa shape index (κ2) is 7.28. The Labute approximate surface area is 138 Å². The molecule has 1 N–H and O–H groups in total. The number of benzene rings is 1. The van der Waals surface area contributed by atoms with Crippen LogP contribution < -0.4 is 5.32 Å². The molecule has 0 aliphatic carbocycles. The van der Waals surface area contributed by atoms with Crippen molar-refractivity contribution >= 4 is 28.6 Å². The van der Waals surface area contributed by atoms with Gasteiger partial charge in [-0.25, -0.2) is 9.79 Å². The zero-order valence-corrected chi connectivity index (χ0v) is 13.8. The Morgan fingerprint density at radius 2 is 2.26 bits per heavy atom. The smallest absolute Gasteiger partial charge is 0.338 e. The standard InChI is InChI=1S/C15H17N3O4S/c1-4-22-14(19)12-9(2)16-15(23-3)17-13(12)10-6-5-7-11(8-10)18(20)21/h5-8,13H,4H2,1-3H3,(H,16,17)/t13-/m0/s1. The topological polar surface area (TPSA) is 93.8 Å². The first-order valence-electron chi connectivity index (χ1n) is 6.99. The van der Waals surface area contributed by atoms with Gasteiger partial charge in [-0.1, -0.05) is 23.9 Å². The number of rotatable bonds is 4. The Hall–Kier alpha value is -2.35. The van der Waals surface area contributed by atoms with Gasteiger partial charge in [-0.05, 0) is 25.7 Å². The van der Waals surface area contributed by atoms with Crippen molar-refractivity contribution in [2.24, 2.45) is 4.99 Å². The predicted octanol–water partition coefficient (Wildman–Crippen LogP) is 2.80. The number of nitrogens with one attached hydrogen (secondary N) is 1. The summed E-state index contributed by atoms with van der Waals surface area (Å²) in [7, 11) is 0. The van der Waals surface area contributed by atoms with E-state index in [0.29, 0.717) is 22.0 Å². The van der Waals surface area contributed by atoms with Gasteiger partial charge in [-0.3, -0.25) is 10.1 Å². The van der Waals surface area contributed by atoms with Crippen molar-refractivity contribution in [2.45, 2.75) is 19.9 Å². The first-order chi connectivity index (χ1) is 11.0. The van der Waals surface area contributed by atoms with E-state index in [2.05, 4.69) is 10.3 Å². The van der Waals surface area contributed by atoms with E-state index in [4.69, 9.17) is 4.74 Å². The fourth-order valence-electron chi connectivity index (χ4n) is 2.27. The average molecular weight is 335 g/mol. The summed E-state index contributed by atoms with van der Waals surface area (Å²) in [5, 5.41) is 14.7. The van der Waals surface area contributed by atoms with E-state index in [9.17, 15) is 14.9 Å². The number of aliphatic imine (C=N–C) groups is 1. The molecule has 2 rings (SSSR count). The first-order valence-corrected chi connectivity index (χ1v) is 8.21. The molecule has 0 spiro atoms. The van der Waals surface area contributed by atoms with Gasteiger partial charge in [0, 0.05) is 17.8 Å². The lowest BCUT2D eigenvalue weighted by Crippen LogP contribution is -2.30. The highest BCUT2D eigenvalue weighted by Crippen LogP contribution is 2.33. The number of amidine groups is 1. The summed E-state index contributed by atoms with van der Waals surface area (Å²) in [5.41, 5.74) is 1.54. The Balaban J connectivity index is 2.51. The number of thioether (sulfide) groups is 1. The maximum Gasteiger partial charge on any atom is 0.338 e. The van der Waals surface area contributed by atoms with E-state index < -0.39 is 16.9 Å². The van der Waals surface area contributed by atoms with Gasteiger partial charge in [0.2, 0.25) is 0 Å². The third-order valence-electron chi connectivity index (χ3n) is 3.30. The Bertz CT molecular complexity index is 700. The van der Waals surface area contributed by atoms with Crippen molar-refractivity contribution in [1.29, 1.82) is 0 Å². The molecule has 122 valence electrons. The third-order valence-corrected chi connectivity index (χ3v) is 3.90. The fourth-order valence-corrected chi connectivity index (χ4v) is 2.74. The number of hydrogen-bond donors (Lipinski definition) is 1. The van der Waals surface area contributed by atoms with Crippen molar-refractivity contribution in [3.63, 3.8) is 0 Å². The van der Waals surface area contributed by atoms with Gasteiger partial charge in [-0.15, -0.1) is 0 Å². The summed E-state index contributed by atoms with van der Waals surface area (Å²) < 4.78 is 5.10. The van der Waals surface area contributed by atoms with Crippen LogP contribution in [0.25, 0.3) is 0 Å². The second-order valence-corrected chi connectivity index (χ2v) is 5.57. The summed E-state index contributed by atoms with van der Waals surface area (Å²) in [6.07, 6.45) is 1.86. The minimum absolute atomic E-state index is 0.0391. The van der Waals surface area contributed by atoms with Crippen LogP contribution in [0.1, 0.15) is 25.5 Å². The number of nitro groups is 1. The van der Waals surface area contributed by atoms with Crippen molar-refractivity contribution in [1.82, 2.24) is 5.32 Å². The van der Waals surface area contributed by atoms with Crippen LogP contribution in [0, 0.1) is 10.1 Å². The minimum atomic E-state index is -0.627. The van der Waals surface area contributed by atoms with Crippen LogP contribution in [0.5, 0.6) is 0 Å². The molecule has 0 unspecified atom stereocenters. The number of ether oxygens (including phenoxy) is 1. The molecule has 0 fully saturated rings. The zero-order valence-electron chi connectivity index (χ0n) is 13.0. The molecule has 23 heavy (non-hydrogen) atoms. The summed E-state index contributed by atoms with van der Waals surface area (Å²) in [4.78, 5) is 27.3. The average Bonchev–Trinajstić information content (AvgIpc) is 2.54. The van der Waals surface area contributed by atoms with Gasteiger partial charge in [-0.2, -0.15) is 0 Å². The van der Waals surface area contributed by atoms with Gasteiger partial charge < -0.3 is 10.1 Å². The van der Waals surface area contributed by atoms with Gasteiger partial charge >= 0.3 is 5.97 Å². The van der Waals surface area contributed by atoms with Crippen LogP contribution in [-0.2, 0) is 9.53 Å². The minimum Gasteiger partial charge on any atom is -0.463 e. The highest BCUT2D eigenvalue weighted by atomic mass is 32.2. The Morgan fingerprint density at radius 1 is 1.52 bits per heavy atom. The molecular formula is C15H17N3O4S. The molecule has 0 amide bonds. The van der Waals surface area contributed by atoms with Gasteiger partial charge in [0.1, 0.15) is 6.04 Å².